The summed E-state index contributed by atoms with van der Waals surface area (Å²) in [5, 5.41) is 56.2. The average Bonchev–Trinajstić information content (AvgIpc) is 3.22. The van der Waals surface area contributed by atoms with Crippen molar-refractivity contribution in [3.8, 4) is 0 Å². The third-order valence-electron chi connectivity index (χ3n) is 11.9. The molecule has 21 nitrogen and oxygen atoms in total. The van der Waals surface area contributed by atoms with Crippen LogP contribution in [0, 0.1) is 0 Å². The number of carbonyl (C=O) groups excluding carboxylic acids is 4. The van der Waals surface area contributed by atoms with E-state index in [9.17, 15) is 44.7 Å². The number of hydrogen-bond acceptors (Lipinski definition) is 21. The van der Waals surface area contributed by atoms with E-state index in [4.69, 9.17) is 56.8 Å². The molecule has 0 bridgehead atoms. The van der Waals surface area contributed by atoms with E-state index < -0.39 is 147 Å². The molecular formula is C44H74O21. The molecule has 4 aliphatic heterocycles. The standard InChI is InChI=1S/C44H74O21/c1-10-11-12-13-14-15-16-17-18-19-20-54-41-31(51)29(49)35(22(3)55-41)63-43-33(53)38(36(23(4)57-43)60-26(7)46)64-44-40(62-28(9)48)39(37(24(5)58-44)61-27(8)47)65-42-32(52)30(50)34(21(2)56-42)59-25(6)45/h21-24,29-44,49-53H,10-20H2,1-9H3/t21-,22-,23-,24-,29+,30-,31+,32+,33+,34-,35-,36-,37-,38-,39+,40+,41+,42-,43-,44-/m0/s1. The van der Waals surface area contributed by atoms with Crippen LogP contribution in [0.3, 0.4) is 0 Å². The Hall–Kier alpha value is -2.64. The molecule has 0 radical (unpaired) electrons. The molecule has 4 rings (SSSR count). The van der Waals surface area contributed by atoms with Crippen molar-refractivity contribution in [2.45, 2.75) is 249 Å². The second-order valence-electron chi connectivity index (χ2n) is 17.4. The molecule has 21 heteroatoms. The van der Waals surface area contributed by atoms with Gasteiger partial charge in [0.15, 0.2) is 49.6 Å². The quantitative estimate of drug-likeness (QED) is 0.0585. The molecule has 4 saturated heterocycles. The highest BCUT2D eigenvalue weighted by Crippen LogP contribution is 2.37. The molecule has 0 spiro atoms. The third-order valence-corrected chi connectivity index (χ3v) is 11.9. The first-order valence-corrected chi connectivity index (χ1v) is 23.0. The van der Waals surface area contributed by atoms with Crippen LogP contribution < -0.4 is 0 Å². The number of carbonyl (C=O) groups is 4. The number of rotatable bonds is 22. The Kier molecular flexibility index (Phi) is 22.2. The van der Waals surface area contributed by atoms with Gasteiger partial charge in [-0.3, -0.25) is 19.2 Å². The molecule has 4 fully saturated rings. The first-order valence-electron chi connectivity index (χ1n) is 23.0. The van der Waals surface area contributed by atoms with Gasteiger partial charge in [0.1, 0.15) is 48.8 Å². The third kappa shape index (κ3) is 15.4. The fourth-order valence-corrected chi connectivity index (χ4v) is 8.58. The van der Waals surface area contributed by atoms with E-state index in [1.165, 1.54) is 59.3 Å². The summed E-state index contributed by atoms with van der Waals surface area (Å²) in [4.78, 5) is 49.2. The Morgan fingerprint density at radius 3 is 1.28 bits per heavy atom. The zero-order chi connectivity index (χ0) is 48.1. The highest BCUT2D eigenvalue weighted by Gasteiger charge is 2.57. The van der Waals surface area contributed by atoms with Crippen molar-refractivity contribution in [1.82, 2.24) is 0 Å². The van der Waals surface area contributed by atoms with Crippen LogP contribution in [-0.4, -0.2) is 179 Å². The molecule has 65 heavy (non-hydrogen) atoms. The summed E-state index contributed by atoms with van der Waals surface area (Å²) in [6.45, 7) is 12.9. The van der Waals surface area contributed by atoms with Crippen molar-refractivity contribution in [2.75, 3.05) is 6.61 Å². The molecule has 0 aromatic rings. The first kappa shape index (κ1) is 55.0. The Morgan fingerprint density at radius 2 is 0.738 bits per heavy atom. The summed E-state index contributed by atoms with van der Waals surface area (Å²) < 4.78 is 70.2. The topological polar surface area (TPSA) is 280 Å². The number of aliphatic hydroxyl groups is 5. The van der Waals surface area contributed by atoms with E-state index in [2.05, 4.69) is 6.92 Å². The summed E-state index contributed by atoms with van der Waals surface area (Å²) >= 11 is 0. The van der Waals surface area contributed by atoms with Crippen molar-refractivity contribution >= 4 is 23.9 Å². The summed E-state index contributed by atoms with van der Waals surface area (Å²) in [6.07, 6.45) is -17.5. The highest BCUT2D eigenvalue weighted by atomic mass is 16.8. The maximum atomic E-state index is 12.7. The van der Waals surface area contributed by atoms with Crippen molar-refractivity contribution in [2.24, 2.45) is 0 Å². The fourth-order valence-electron chi connectivity index (χ4n) is 8.58. The maximum Gasteiger partial charge on any atom is 0.303 e. The monoisotopic (exact) mass is 938 g/mol. The minimum atomic E-state index is -1.85. The smallest absolute Gasteiger partial charge is 0.303 e. The van der Waals surface area contributed by atoms with Gasteiger partial charge in [-0.2, -0.15) is 0 Å². The number of esters is 4. The van der Waals surface area contributed by atoms with Crippen LogP contribution in [0.1, 0.15) is 127 Å². The van der Waals surface area contributed by atoms with Gasteiger partial charge in [0.2, 0.25) is 0 Å². The van der Waals surface area contributed by atoms with Gasteiger partial charge in [0, 0.05) is 34.3 Å². The summed E-state index contributed by atoms with van der Waals surface area (Å²) in [5.41, 5.74) is 0. The summed E-state index contributed by atoms with van der Waals surface area (Å²) in [6, 6.07) is 0. The van der Waals surface area contributed by atoms with Crippen molar-refractivity contribution < 1.29 is 102 Å². The van der Waals surface area contributed by atoms with Crippen LogP contribution in [0.15, 0.2) is 0 Å². The lowest BCUT2D eigenvalue weighted by molar-refractivity contribution is -0.385. The van der Waals surface area contributed by atoms with Gasteiger partial charge in [0.25, 0.3) is 0 Å². The van der Waals surface area contributed by atoms with Crippen molar-refractivity contribution in [3.63, 3.8) is 0 Å². The predicted octanol–water partition coefficient (Wildman–Crippen LogP) is 1.59. The molecule has 5 N–H and O–H groups in total. The Balaban J connectivity index is 1.49. The Labute approximate surface area is 380 Å². The van der Waals surface area contributed by atoms with E-state index >= 15 is 0 Å². The van der Waals surface area contributed by atoms with Crippen LogP contribution in [0.4, 0.5) is 0 Å². The summed E-state index contributed by atoms with van der Waals surface area (Å²) in [7, 11) is 0. The molecule has 0 aromatic heterocycles. The lowest BCUT2D eigenvalue weighted by Crippen LogP contribution is -2.67. The summed E-state index contributed by atoms with van der Waals surface area (Å²) in [5.74, 6) is -3.21. The lowest BCUT2D eigenvalue weighted by atomic mass is 9.95. The van der Waals surface area contributed by atoms with Crippen LogP contribution in [0.2, 0.25) is 0 Å². The molecule has 0 unspecified atom stereocenters. The number of hydrogen-bond donors (Lipinski definition) is 5. The first-order chi connectivity index (χ1) is 30.7. The molecule has 20 atom stereocenters. The SMILES string of the molecule is CCCCCCCCCCCCO[C@@H]1O[C@@H](C)[C@H](O[C@@H]2O[C@@H](C)[C@H](OC(C)=O)[C@@H](O[C@@H]3O[C@@H](C)[C@H](OC(C)=O)[C@@H](O[C@@H]4O[C@@H](C)[C@H](OC(C)=O)[C@@H](O)[C@H]4O)[C@H]3OC(C)=O)[C@H]2O)[C@H](O)[C@H]1O. The molecule has 4 aliphatic rings. The van der Waals surface area contributed by atoms with Gasteiger partial charge in [-0.1, -0.05) is 64.7 Å². The maximum absolute atomic E-state index is 12.7. The molecular weight excluding hydrogens is 864 g/mol. The molecule has 0 aromatic carbocycles. The predicted molar refractivity (Wildman–Crippen MR) is 222 cm³/mol. The minimum Gasteiger partial charge on any atom is -0.457 e. The van der Waals surface area contributed by atoms with Gasteiger partial charge < -0.3 is 82.4 Å². The van der Waals surface area contributed by atoms with Crippen molar-refractivity contribution in [1.29, 1.82) is 0 Å². The number of ether oxygens (including phenoxy) is 12. The van der Waals surface area contributed by atoms with Gasteiger partial charge in [-0.25, -0.2) is 0 Å². The van der Waals surface area contributed by atoms with Crippen molar-refractivity contribution in [3.05, 3.63) is 0 Å². The number of unbranched alkanes of at least 4 members (excludes halogenated alkanes) is 9. The van der Waals surface area contributed by atoms with Crippen LogP contribution in [0.25, 0.3) is 0 Å². The second kappa shape index (κ2) is 26.2. The van der Waals surface area contributed by atoms with Gasteiger partial charge in [-0.15, -0.1) is 0 Å². The lowest BCUT2D eigenvalue weighted by Gasteiger charge is -2.50. The van der Waals surface area contributed by atoms with E-state index in [-0.39, 0.29) is 0 Å². The largest absolute Gasteiger partial charge is 0.457 e. The Bertz CT molecular complexity index is 1490. The van der Waals surface area contributed by atoms with E-state index in [1.54, 1.807) is 6.92 Å². The van der Waals surface area contributed by atoms with Crippen LogP contribution in [0.5, 0.6) is 0 Å². The fraction of sp³-hybridized carbons (Fsp3) is 0.909. The average molecular weight is 939 g/mol. The van der Waals surface area contributed by atoms with E-state index in [1.807, 2.05) is 0 Å². The molecule has 4 heterocycles. The van der Waals surface area contributed by atoms with Gasteiger partial charge >= 0.3 is 23.9 Å². The highest BCUT2D eigenvalue weighted by molar-refractivity contribution is 5.67. The zero-order valence-electron chi connectivity index (χ0n) is 39.1. The van der Waals surface area contributed by atoms with E-state index in [0.717, 1.165) is 53.4 Å². The number of aliphatic hydroxyl groups excluding tert-OH is 5. The molecule has 376 valence electrons. The molecule has 0 amide bonds. The van der Waals surface area contributed by atoms with Gasteiger partial charge in [0.05, 0.1) is 24.4 Å². The second-order valence-corrected chi connectivity index (χ2v) is 17.4. The zero-order valence-corrected chi connectivity index (χ0v) is 39.1. The van der Waals surface area contributed by atoms with Crippen LogP contribution in [-0.2, 0) is 76.0 Å². The molecule has 0 aliphatic carbocycles. The van der Waals surface area contributed by atoms with Crippen LogP contribution >= 0.6 is 0 Å². The van der Waals surface area contributed by atoms with Gasteiger partial charge in [-0.05, 0) is 34.1 Å². The molecule has 0 saturated carbocycles. The minimum absolute atomic E-state index is 0.303. The van der Waals surface area contributed by atoms with E-state index in [0.29, 0.717) is 6.61 Å². The Morgan fingerprint density at radius 1 is 0.385 bits per heavy atom. The normalized spacial score (nSPS) is 39.8.